The van der Waals surface area contributed by atoms with Gasteiger partial charge in [-0.2, -0.15) is 0 Å². The first-order valence-electron chi connectivity index (χ1n) is 11.6. The molecule has 1 unspecified atom stereocenters. The molecule has 1 aliphatic heterocycles. The Balaban J connectivity index is 1.32. The first-order valence-corrected chi connectivity index (χ1v) is 12.0. The quantitative estimate of drug-likeness (QED) is 0.252. The summed E-state index contributed by atoms with van der Waals surface area (Å²) in [5, 5.41) is 13.6. The van der Waals surface area contributed by atoms with E-state index < -0.39 is 6.09 Å². The van der Waals surface area contributed by atoms with Crippen molar-refractivity contribution in [3.05, 3.63) is 77.3 Å². The standard InChI is InChI=1S/C27H23ClN6O3/c28-22-12-19(6-7-25(22)37-15-20-3-1-2-9-30-20)33-26-21-13-23(29)18(11-24(21)31-16-32-26)5-4-17-8-10-34(14-17)27(35)36/h1-3,6-7,9,11-13,16-17H,8,10,14-15,29H2,(H,35,36)(H,31,32,33). The number of nitrogens with two attached hydrogens (primary N) is 1. The minimum Gasteiger partial charge on any atom is -0.486 e. The topological polar surface area (TPSA) is 126 Å². The van der Waals surface area contributed by atoms with Gasteiger partial charge in [0.05, 0.1) is 16.2 Å². The molecule has 2 aromatic heterocycles. The number of anilines is 3. The van der Waals surface area contributed by atoms with Gasteiger partial charge in [-0.15, -0.1) is 0 Å². The number of benzene rings is 2. The number of aromatic nitrogens is 3. The number of amides is 1. The van der Waals surface area contributed by atoms with E-state index in [1.165, 1.54) is 11.2 Å². The van der Waals surface area contributed by atoms with Crippen LogP contribution < -0.4 is 15.8 Å². The number of hydrogen-bond acceptors (Lipinski definition) is 7. The number of carboxylic acid groups (broad SMARTS) is 1. The predicted octanol–water partition coefficient (Wildman–Crippen LogP) is 4.93. The Kier molecular flexibility index (Phi) is 6.92. The summed E-state index contributed by atoms with van der Waals surface area (Å²) in [7, 11) is 0. The zero-order chi connectivity index (χ0) is 25.8. The van der Waals surface area contributed by atoms with Crippen LogP contribution in [0.15, 0.2) is 61.1 Å². The Morgan fingerprint density at radius 1 is 1.22 bits per heavy atom. The number of likely N-dealkylation sites (tertiary alicyclic amines) is 1. The largest absolute Gasteiger partial charge is 0.486 e. The summed E-state index contributed by atoms with van der Waals surface area (Å²) in [4.78, 5) is 25.5. The van der Waals surface area contributed by atoms with Crippen LogP contribution in [0.1, 0.15) is 17.7 Å². The fraction of sp³-hybridized carbons (Fsp3) is 0.185. The van der Waals surface area contributed by atoms with Crippen LogP contribution >= 0.6 is 11.6 Å². The van der Waals surface area contributed by atoms with Crippen LogP contribution in [0.25, 0.3) is 10.9 Å². The van der Waals surface area contributed by atoms with Gasteiger partial charge in [0.25, 0.3) is 0 Å². The molecule has 0 spiro atoms. The zero-order valence-electron chi connectivity index (χ0n) is 19.7. The maximum absolute atomic E-state index is 11.1. The highest BCUT2D eigenvalue weighted by molar-refractivity contribution is 6.32. The van der Waals surface area contributed by atoms with Crippen LogP contribution in [-0.2, 0) is 6.61 Å². The molecule has 5 rings (SSSR count). The monoisotopic (exact) mass is 514 g/mol. The zero-order valence-corrected chi connectivity index (χ0v) is 20.4. The van der Waals surface area contributed by atoms with E-state index in [2.05, 4.69) is 32.1 Å². The molecular weight excluding hydrogens is 492 g/mol. The van der Waals surface area contributed by atoms with Crippen molar-refractivity contribution < 1.29 is 14.6 Å². The highest BCUT2D eigenvalue weighted by Gasteiger charge is 2.24. The highest BCUT2D eigenvalue weighted by atomic mass is 35.5. The summed E-state index contributed by atoms with van der Waals surface area (Å²) in [6.45, 7) is 1.21. The average Bonchev–Trinajstić information content (AvgIpc) is 3.38. The molecule has 1 amide bonds. The summed E-state index contributed by atoms with van der Waals surface area (Å²) in [5.41, 5.74) is 9.64. The molecule has 0 radical (unpaired) electrons. The number of nitrogens with one attached hydrogen (secondary N) is 1. The lowest BCUT2D eigenvalue weighted by Crippen LogP contribution is -2.26. The second-order valence-corrected chi connectivity index (χ2v) is 8.95. The second kappa shape index (κ2) is 10.6. The van der Waals surface area contributed by atoms with Crippen molar-refractivity contribution in [1.82, 2.24) is 19.9 Å². The Morgan fingerprint density at radius 3 is 2.86 bits per heavy atom. The maximum atomic E-state index is 11.1. The molecule has 2 aromatic carbocycles. The average molecular weight is 515 g/mol. The molecule has 37 heavy (non-hydrogen) atoms. The third-order valence-electron chi connectivity index (χ3n) is 5.97. The highest BCUT2D eigenvalue weighted by Crippen LogP contribution is 2.32. The SMILES string of the molecule is Nc1cc2c(Nc3ccc(OCc4ccccn4)c(Cl)c3)ncnc2cc1C#CC1CCN(C(=O)O)C1. The normalized spacial score (nSPS) is 14.7. The van der Waals surface area contributed by atoms with Crippen LogP contribution in [0.4, 0.5) is 22.0 Å². The first-order chi connectivity index (χ1) is 18.0. The van der Waals surface area contributed by atoms with Crippen molar-refractivity contribution in [2.75, 3.05) is 24.1 Å². The maximum Gasteiger partial charge on any atom is 0.407 e. The number of nitrogen functional groups attached to an aromatic ring is 1. The van der Waals surface area contributed by atoms with Gasteiger partial charge in [-0.3, -0.25) is 4.98 Å². The number of halogens is 1. The molecule has 4 N–H and O–H groups in total. The van der Waals surface area contributed by atoms with Crippen molar-refractivity contribution in [3.8, 4) is 17.6 Å². The first kappa shape index (κ1) is 24.2. The van der Waals surface area contributed by atoms with E-state index in [1.807, 2.05) is 30.3 Å². The minimum atomic E-state index is -0.917. The predicted molar refractivity (Wildman–Crippen MR) is 142 cm³/mol. The molecule has 0 saturated carbocycles. The number of hydrogen-bond donors (Lipinski definition) is 3. The van der Waals surface area contributed by atoms with E-state index in [0.717, 1.165) is 16.8 Å². The third kappa shape index (κ3) is 5.66. The molecule has 0 bridgehead atoms. The summed E-state index contributed by atoms with van der Waals surface area (Å²) in [5.74, 6) is 7.35. The molecule has 1 fully saturated rings. The molecule has 3 heterocycles. The van der Waals surface area contributed by atoms with Gasteiger partial charge in [-0.1, -0.05) is 29.5 Å². The van der Waals surface area contributed by atoms with Crippen LogP contribution in [0, 0.1) is 17.8 Å². The van der Waals surface area contributed by atoms with E-state index in [4.69, 9.17) is 27.2 Å². The molecule has 1 atom stereocenters. The molecular formula is C27H23ClN6O3. The number of fused-ring (bicyclic) bond motifs is 1. The van der Waals surface area contributed by atoms with Crippen molar-refractivity contribution in [1.29, 1.82) is 0 Å². The molecule has 0 aliphatic carbocycles. The number of pyridine rings is 1. The second-order valence-electron chi connectivity index (χ2n) is 8.54. The van der Waals surface area contributed by atoms with Gasteiger partial charge in [0.15, 0.2) is 0 Å². The van der Waals surface area contributed by atoms with Gasteiger partial charge in [-0.05, 0) is 48.9 Å². The van der Waals surface area contributed by atoms with Crippen molar-refractivity contribution >= 4 is 45.8 Å². The van der Waals surface area contributed by atoms with Crippen molar-refractivity contribution in [2.24, 2.45) is 5.92 Å². The smallest absolute Gasteiger partial charge is 0.407 e. The molecule has 9 nitrogen and oxygen atoms in total. The lowest BCUT2D eigenvalue weighted by atomic mass is 10.1. The fourth-order valence-electron chi connectivity index (χ4n) is 4.03. The minimum absolute atomic E-state index is 0.0190. The Labute approximate surface area is 218 Å². The summed E-state index contributed by atoms with van der Waals surface area (Å²) in [6.07, 6.45) is 2.97. The lowest BCUT2D eigenvalue weighted by molar-refractivity contribution is 0.155. The van der Waals surface area contributed by atoms with Crippen LogP contribution in [0.2, 0.25) is 5.02 Å². The summed E-state index contributed by atoms with van der Waals surface area (Å²) >= 11 is 6.45. The van der Waals surface area contributed by atoms with E-state index in [1.54, 1.807) is 24.4 Å². The van der Waals surface area contributed by atoms with Crippen LogP contribution in [0.5, 0.6) is 5.75 Å². The molecule has 186 valence electrons. The molecule has 1 aliphatic rings. The lowest BCUT2D eigenvalue weighted by Gasteiger charge is -2.12. The van der Waals surface area contributed by atoms with Crippen molar-refractivity contribution in [3.63, 3.8) is 0 Å². The Bertz CT molecular complexity index is 1520. The van der Waals surface area contributed by atoms with Crippen LogP contribution in [0.3, 0.4) is 0 Å². The Morgan fingerprint density at radius 2 is 2.11 bits per heavy atom. The fourth-order valence-corrected chi connectivity index (χ4v) is 4.26. The number of ether oxygens (including phenoxy) is 1. The van der Waals surface area contributed by atoms with Gasteiger partial charge < -0.3 is 25.8 Å². The molecule has 1 saturated heterocycles. The summed E-state index contributed by atoms with van der Waals surface area (Å²) in [6, 6.07) is 14.6. The van der Waals surface area contributed by atoms with Gasteiger partial charge in [0.2, 0.25) is 0 Å². The van der Waals surface area contributed by atoms with E-state index in [-0.39, 0.29) is 5.92 Å². The van der Waals surface area contributed by atoms with E-state index >= 15 is 0 Å². The molecule has 4 aromatic rings. The van der Waals surface area contributed by atoms with Gasteiger partial charge in [0, 0.05) is 47.5 Å². The van der Waals surface area contributed by atoms with Gasteiger partial charge >= 0.3 is 6.09 Å². The number of rotatable bonds is 5. The van der Waals surface area contributed by atoms with E-state index in [0.29, 0.717) is 59.5 Å². The van der Waals surface area contributed by atoms with Crippen LogP contribution in [-0.4, -0.2) is 44.1 Å². The van der Waals surface area contributed by atoms with E-state index in [9.17, 15) is 4.79 Å². The number of carbonyl (C=O) groups is 1. The Hall–Kier alpha value is -4.55. The van der Waals surface area contributed by atoms with Gasteiger partial charge in [-0.25, -0.2) is 14.8 Å². The number of nitrogens with zero attached hydrogens (tertiary/aromatic N) is 4. The third-order valence-corrected chi connectivity index (χ3v) is 6.27. The van der Waals surface area contributed by atoms with Gasteiger partial charge in [0.1, 0.15) is 24.5 Å². The molecule has 10 heteroatoms. The van der Waals surface area contributed by atoms with Crippen molar-refractivity contribution in [2.45, 2.75) is 13.0 Å². The summed E-state index contributed by atoms with van der Waals surface area (Å²) < 4.78 is 5.80.